The van der Waals surface area contributed by atoms with E-state index in [4.69, 9.17) is 22.7 Å². The number of thiophene rings is 1. The van der Waals surface area contributed by atoms with Crippen molar-refractivity contribution in [2.75, 3.05) is 11.8 Å². The van der Waals surface area contributed by atoms with Crippen molar-refractivity contribution in [2.24, 2.45) is 5.73 Å². The van der Waals surface area contributed by atoms with E-state index < -0.39 is 10.0 Å². The van der Waals surface area contributed by atoms with Gasteiger partial charge in [0.05, 0.1) is 17.7 Å². The lowest BCUT2D eigenvalue weighted by Crippen LogP contribution is -2.11. The zero-order chi connectivity index (χ0) is 15.6. The van der Waals surface area contributed by atoms with E-state index in [9.17, 15) is 8.42 Å². The van der Waals surface area contributed by atoms with Crippen molar-refractivity contribution < 1.29 is 13.2 Å². The molecule has 0 fully saturated rings. The molecular formula is C12H11BrN2O3S3. The molecule has 0 amide bonds. The maximum Gasteiger partial charge on any atom is 0.271 e. The van der Waals surface area contributed by atoms with Gasteiger partial charge in [0.15, 0.2) is 0 Å². The lowest BCUT2D eigenvalue weighted by molar-refractivity contribution is 0.415. The Labute approximate surface area is 140 Å². The van der Waals surface area contributed by atoms with Gasteiger partial charge < -0.3 is 10.5 Å². The molecule has 0 spiro atoms. The van der Waals surface area contributed by atoms with Crippen LogP contribution in [0.5, 0.6) is 5.75 Å². The molecule has 3 N–H and O–H groups in total. The van der Waals surface area contributed by atoms with Gasteiger partial charge in [-0.05, 0) is 24.3 Å². The highest BCUT2D eigenvalue weighted by atomic mass is 79.9. The van der Waals surface area contributed by atoms with Gasteiger partial charge in [-0.2, -0.15) is 0 Å². The van der Waals surface area contributed by atoms with E-state index in [-0.39, 0.29) is 9.20 Å². The fourth-order valence-electron chi connectivity index (χ4n) is 1.54. The smallest absolute Gasteiger partial charge is 0.271 e. The van der Waals surface area contributed by atoms with Gasteiger partial charge in [-0.3, -0.25) is 4.72 Å². The van der Waals surface area contributed by atoms with Gasteiger partial charge in [0.1, 0.15) is 14.9 Å². The zero-order valence-electron chi connectivity index (χ0n) is 10.8. The third-order valence-corrected chi connectivity index (χ3v) is 6.25. The van der Waals surface area contributed by atoms with Crippen LogP contribution in [-0.2, 0) is 10.0 Å². The summed E-state index contributed by atoms with van der Waals surface area (Å²) in [5, 5.41) is 0. The molecule has 0 bridgehead atoms. The molecule has 0 saturated heterocycles. The Kier molecular flexibility index (Phi) is 4.87. The summed E-state index contributed by atoms with van der Waals surface area (Å²) in [6.07, 6.45) is 0. The molecule has 2 rings (SSSR count). The monoisotopic (exact) mass is 406 g/mol. The summed E-state index contributed by atoms with van der Waals surface area (Å²) < 4.78 is 33.0. The van der Waals surface area contributed by atoms with Crippen molar-refractivity contribution in [2.45, 2.75) is 4.21 Å². The van der Waals surface area contributed by atoms with Crippen molar-refractivity contribution >= 4 is 60.2 Å². The van der Waals surface area contributed by atoms with Gasteiger partial charge in [0, 0.05) is 10.5 Å². The van der Waals surface area contributed by atoms with E-state index in [0.29, 0.717) is 20.8 Å². The highest BCUT2D eigenvalue weighted by molar-refractivity contribution is 9.10. The largest absolute Gasteiger partial charge is 0.497 e. The first-order chi connectivity index (χ1) is 9.81. The number of nitrogens with two attached hydrogens (primary N) is 1. The van der Waals surface area contributed by atoms with Crippen LogP contribution in [-0.4, -0.2) is 20.5 Å². The minimum atomic E-state index is -3.69. The van der Waals surface area contributed by atoms with Gasteiger partial charge in [-0.25, -0.2) is 8.42 Å². The number of anilines is 1. The average molecular weight is 407 g/mol. The number of hydrogen-bond acceptors (Lipinski definition) is 5. The van der Waals surface area contributed by atoms with E-state index in [1.54, 1.807) is 24.3 Å². The van der Waals surface area contributed by atoms with E-state index in [2.05, 4.69) is 20.7 Å². The fraction of sp³-hybridized carbons (Fsp3) is 0.0833. The molecule has 21 heavy (non-hydrogen) atoms. The zero-order valence-corrected chi connectivity index (χ0v) is 14.8. The topological polar surface area (TPSA) is 81.4 Å². The Morgan fingerprint density at radius 2 is 2.10 bits per heavy atom. The van der Waals surface area contributed by atoms with Crippen molar-refractivity contribution in [3.8, 4) is 5.75 Å². The molecule has 1 aromatic heterocycles. The number of ether oxygens (including phenoxy) is 1. The van der Waals surface area contributed by atoms with Gasteiger partial charge in [-0.1, -0.05) is 28.1 Å². The Morgan fingerprint density at radius 3 is 2.67 bits per heavy atom. The number of halogens is 1. The second-order valence-electron chi connectivity index (χ2n) is 3.97. The summed E-state index contributed by atoms with van der Waals surface area (Å²) >= 11 is 9.14. The van der Waals surface area contributed by atoms with E-state index in [1.165, 1.54) is 13.2 Å². The van der Waals surface area contributed by atoms with Crippen molar-refractivity contribution in [1.29, 1.82) is 0 Å². The standard InChI is InChI=1S/C12H11BrN2O3S3/c1-18-9-5-7(13)4-8(6-9)15-21(16,17)11-3-2-10(20-11)12(14)19/h2-6,15H,1H3,(H2,14,19). The molecule has 1 heterocycles. The van der Waals surface area contributed by atoms with Crippen LogP contribution in [0, 0.1) is 0 Å². The molecule has 5 nitrogen and oxygen atoms in total. The summed E-state index contributed by atoms with van der Waals surface area (Å²) in [6, 6.07) is 8.01. The molecule has 0 radical (unpaired) electrons. The predicted molar refractivity (Wildman–Crippen MR) is 91.7 cm³/mol. The Bertz CT molecular complexity index is 787. The normalized spacial score (nSPS) is 11.1. The number of rotatable bonds is 5. The highest BCUT2D eigenvalue weighted by Gasteiger charge is 2.18. The first-order valence-electron chi connectivity index (χ1n) is 5.59. The molecule has 0 unspecified atom stereocenters. The summed E-state index contributed by atoms with van der Waals surface area (Å²) in [7, 11) is -2.18. The molecule has 9 heteroatoms. The summed E-state index contributed by atoms with van der Waals surface area (Å²) in [5.74, 6) is 0.539. The quantitative estimate of drug-likeness (QED) is 0.745. The first kappa shape index (κ1) is 16.2. The van der Waals surface area contributed by atoms with Crippen molar-refractivity contribution in [3.05, 3.63) is 39.7 Å². The predicted octanol–water partition coefficient (Wildman–Crippen LogP) is 2.95. The van der Waals surface area contributed by atoms with Crippen LogP contribution >= 0.6 is 39.5 Å². The molecule has 0 aliphatic rings. The highest BCUT2D eigenvalue weighted by Crippen LogP contribution is 2.28. The number of nitrogens with one attached hydrogen (secondary N) is 1. The molecule has 1 aromatic carbocycles. The number of thiocarbonyl (C=S) groups is 1. The Balaban J connectivity index is 2.32. The number of sulfonamides is 1. The van der Waals surface area contributed by atoms with Crippen LogP contribution in [0.2, 0.25) is 0 Å². The SMILES string of the molecule is COc1cc(Br)cc(NS(=O)(=O)c2ccc(C(N)=S)s2)c1. The minimum Gasteiger partial charge on any atom is -0.497 e. The van der Waals surface area contributed by atoms with E-state index in [0.717, 1.165) is 11.3 Å². The Hall–Kier alpha value is -1.16. The maximum atomic E-state index is 12.3. The fourth-order valence-corrected chi connectivity index (χ4v) is 4.41. The summed E-state index contributed by atoms with van der Waals surface area (Å²) in [5.41, 5.74) is 5.88. The van der Waals surface area contributed by atoms with Gasteiger partial charge in [0.2, 0.25) is 0 Å². The van der Waals surface area contributed by atoms with Gasteiger partial charge in [-0.15, -0.1) is 11.3 Å². The summed E-state index contributed by atoms with van der Waals surface area (Å²) in [4.78, 5) is 0.725. The molecular weight excluding hydrogens is 396 g/mol. The number of methoxy groups -OCH3 is 1. The number of benzene rings is 1. The van der Waals surface area contributed by atoms with Crippen LogP contribution in [0.1, 0.15) is 4.88 Å². The second-order valence-corrected chi connectivity index (χ2v) is 8.32. The van der Waals surface area contributed by atoms with E-state index in [1.807, 2.05) is 0 Å². The third-order valence-electron chi connectivity index (χ3n) is 2.45. The van der Waals surface area contributed by atoms with E-state index >= 15 is 0 Å². The first-order valence-corrected chi connectivity index (χ1v) is 9.09. The second kappa shape index (κ2) is 6.30. The minimum absolute atomic E-state index is 0.143. The lowest BCUT2D eigenvalue weighted by atomic mass is 10.3. The molecule has 2 aromatic rings. The maximum absolute atomic E-state index is 12.3. The molecule has 0 atom stereocenters. The molecule has 0 aliphatic heterocycles. The molecule has 112 valence electrons. The third kappa shape index (κ3) is 3.94. The van der Waals surface area contributed by atoms with Crippen LogP contribution in [0.25, 0.3) is 0 Å². The van der Waals surface area contributed by atoms with Crippen molar-refractivity contribution in [3.63, 3.8) is 0 Å². The summed E-state index contributed by atoms with van der Waals surface area (Å²) in [6.45, 7) is 0. The van der Waals surface area contributed by atoms with Gasteiger partial charge in [0.25, 0.3) is 10.0 Å². The van der Waals surface area contributed by atoms with Crippen LogP contribution in [0.15, 0.2) is 39.0 Å². The molecule has 0 aliphatic carbocycles. The van der Waals surface area contributed by atoms with Crippen LogP contribution in [0.4, 0.5) is 5.69 Å². The van der Waals surface area contributed by atoms with Crippen LogP contribution < -0.4 is 15.2 Å². The van der Waals surface area contributed by atoms with Crippen LogP contribution in [0.3, 0.4) is 0 Å². The Morgan fingerprint density at radius 1 is 1.38 bits per heavy atom. The van der Waals surface area contributed by atoms with Gasteiger partial charge >= 0.3 is 0 Å². The number of hydrogen-bond donors (Lipinski definition) is 2. The molecule has 0 saturated carbocycles. The lowest BCUT2D eigenvalue weighted by Gasteiger charge is -2.08. The average Bonchev–Trinajstić information content (AvgIpc) is 2.87. The van der Waals surface area contributed by atoms with Crippen molar-refractivity contribution in [1.82, 2.24) is 0 Å².